The Morgan fingerprint density at radius 1 is 1.12 bits per heavy atom. The summed E-state index contributed by atoms with van der Waals surface area (Å²) >= 11 is 2.08. The van der Waals surface area contributed by atoms with Crippen molar-refractivity contribution in [2.75, 3.05) is 34.2 Å². The van der Waals surface area contributed by atoms with E-state index in [0.717, 1.165) is 5.56 Å². The lowest BCUT2D eigenvalue weighted by Crippen LogP contribution is -2.29. The Labute approximate surface area is 200 Å². The van der Waals surface area contributed by atoms with Gasteiger partial charge >= 0.3 is 5.97 Å². The summed E-state index contributed by atoms with van der Waals surface area (Å²) in [4.78, 5) is 26.9. The zero-order valence-corrected chi connectivity index (χ0v) is 20.2. The van der Waals surface area contributed by atoms with Crippen molar-refractivity contribution in [3.63, 3.8) is 0 Å². The normalized spacial score (nSPS) is 12.0. The molecule has 9 heteroatoms. The third-order valence-corrected chi connectivity index (χ3v) is 5.62. The largest absolute Gasteiger partial charge is 0.493 e. The molecule has 1 aliphatic rings. The van der Waals surface area contributed by atoms with Crippen molar-refractivity contribution in [3.05, 3.63) is 57.3 Å². The van der Waals surface area contributed by atoms with Gasteiger partial charge in [-0.1, -0.05) is 6.07 Å². The van der Waals surface area contributed by atoms with Gasteiger partial charge in [0, 0.05) is 22.4 Å². The lowest BCUT2D eigenvalue weighted by atomic mass is 10.1. The highest BCUT2D eigenvalue weighted by Gasteiger charge is 2.24. The molecular weight excluding hydrogens is 529 g/mol. The molecule has 0 atom stereocenters. The molecule has 0 fully saturated rings. The van der Waals surface area contributed by atoms with Crippen LogP contribution >= 0.6 is 22.6 Å². The lowest BCUT2D eigenvalue weighted by Gasteiger charge is -2.21. The summed E-state index contributed by atoms with van der Waals surface area (Å²) in [5.74, 6) is 1.29. The molecule has 0 aliphatic carbocycles. The van der Waals surface area contributed by atoms with E-state index in [9.17, 15) is 9.59 Å². The van der Waals surface area contributed by atoms with E-state index in [1.807, 2.05) is 18.2 Å². The number of halogens is 1. The van der Waals surface area contributed by atoms with Gasteiger partial charge in [-0.05, 0) is 65.8 Å². The molecular formula is C23H24INO7. The van der Waals surface area contributed by atoms with E-state index < -0.39 is 5.97 Å². The van der Waals surface area contributed by atoms with Gasteiger partial charge in [-0.3, -0.25) is 4.79 Å². The Balaban J connectivity index is 1.89. The van der Waals surface area contributed by atoms with Crippen LogP contribution in [0.3, 0.4) is 0 Å². The van der Waals surface area contributed by atoms with E-state index in [0.29, 0.717) is 45.1 Å². The van der Waals surface area contributed by atoms with Gasteiger partial charge in [-0.25, -0.2) is 4.79 Å². The zero-order valence-electron chi connectivity index (χ0n) is 18.1. The summed E-state index contributed by atoms with van der Waals surface area (Å²) in [6, 6.07) is 9.16. The number of esters is 1. The van der Waals surface area contributed by atoms with E-state index >= 15 is 0 Å². The maximum Gasteiger partial charge on any atom is 0.332 e. The van der Waals surface area contributed by atoms with Gasteiger partial charge in [0.1, 0.15) is 0 Å². The zero-order chi connectivity index (χ0) is 23.1. The standard InChI is InChI=1S/C23H24INO7/c1-4-30-20(26)10-12-25(11-9-15-5-7-17-19(13-15)32-14-31-17)23(27)21-16(24)6-8-18(28-2)22(21)29-3/h5-8,10,12-13H,4,9,11,14H2,1-3H3/b12-10+. The molecule has 2 aromatic carbocycles. The van der Waals surface area contributed by atoms with Crippen LogP contribution in [0, 0.1) is 3.57 Å². The first-order valence-electron chi connectivity index (χ1n) is 9.93. The minimum Gasteiger partial charge on any atom is -0.493 e. The van der Waals surface area contributed by atoms with E-state index in [2.05, 4.69) is 22.6 Å². The van der Waals surface area contributed by atoms with Gasteiger partial charge < -0.3 is 28.6 Å². The highest BCUT2D eigenvalue weighted by Crippen LogP contribution is 2.35. The van der Waals surface area contributed by atoms with E-state index in [4.69, 9.17) is 23.7 Å². The third-order valence-electron chi connectivity index (χ3n) is 4.73. The highest BCUT2D eigenvalue weighted by atomic mass is 127. The third kappa shape index (κ3) is 5.45. The SMILES string of the molecule is CCOC(=O)/C=C/N(CCc1ccc2c(c1)OCO2)C(=O)c1c(I)ccc(OC)c1OC. The van der Waals surface area contributed by atoms with E-state index in [-0.39, 0.29) is 19.3 Å². The summed E-state index contributed by atoms with van der Waals surface area (Å²) in [5, 5.41) is 0. The van der Waals surface area contributed by atoms with Gasteiger partial charge in [-0.2, -0.15) is 0 Å². The molecule has 0 aromatic heterocycles. The van der Waals surface area contributed by atoms with Crippen LogP contribution in [0.5, 0.6) is 23.0 Å². The monoisotopic (exact) mass is 553 g/mol. The number of carbonyl (C=O) groups is 2. The number of nitrogens with zero attached hydrogens (tertiary/aromatic N) is 1. The van der Waals surface area contributed by atoms with Crippen molar-refractivity contribution in [1.82, 2.24) is 4.90 Å². The second-order valence-electron chi connectivity index (χ2n) is 6.66. The molecule has 1 amide bonds. The van der Waals surface area contributed by atoms with E-state index in [1.165, 1.54) is 31.4 Å². The fourth-order valence-electron chi connectivity index (χ4n) is 3.18. The molecule has 0 radical (unpaired) electrons. The van der Waals surface area contributed by atoms with Gasteiger partial charge in [-0.15, -0.1) is 0 Å². The lowest BCUT2D eigenvalue weighted by molar-refractivity contribution is -0.137. The van der Waals surface area contributed by atoms with Crippen molar-refractivity contribution in [1.29, 1.82) is 0 Å². The predicted octanol–water partition coefficient (Wildman–Crippen LogP) is 3.80. The highest BCUT2D eigenvalue weighted by molar-refractivity contribution is 14.1. The van der Waals surface area contributed by atoms with Crippen molar-refractivity contribution in [3.8, 4) is 23.0 Å². The second kappa shape index (κ2) is 11.1. The quantitative estimate of drug-likeness (QED) is 0.266. The molecule has 0 spiro atoms. The summed E-state index contributed by atoms with van der Waals surface area (Å²) in [6.07, 6.45) is 3.20. The maximum absolute atomic E-state index is 13.5. The number of methoxy groups -OCH3 is 2. The predicted molar refractivity (Wildman–Crippen MR) is 125 cm³/mol. The van der Waals surface area contributed by atoms with Gasteiger partial charge in [0.2, 0.25) is 6.79 Å². The second-order valence-corrected chi connectivity index (χ2v) is 7.82. The molecule has 32 heavy (non-hydrogen) atoms. The number of amides is 1. The van der Waals surface area contributed by atoms with Gasteiger partial charge in [0.25, 0.3) is 5.91 Å². The van der Waals surface area contributed by atoms with Crippen molar-refractivity contribution in [2.45, 2.75) is 13.3 Å². The van der Waals surface area contributed by atoms with Crippen LogP contribution in [0.25, 0.3) is 0 Å². The number of carbonyl (C=O) groups excluding carboxylic acids is 2. The molecule has 8 nitrogen and oxygen atoms in total. The van der Waals surface area contributed by atoms with Crippen LogP contribution in [0.4, 0.5) is 0 Å². The first-order chi connectivity index (χ1) is 15.5. The van der Waals surface area contributed by atoms with Crippen molar-refractivity contribution >= 4 is 34.5 Å². The molecule has 0 unspecified atom stereocenters. The van der Waals surface area contributed by atoms with Crippen LogP contribution in [-0.4, -0.2) is 50.9 Å². The number of hydrogen-bond donors (Lipinski definition) is 0. The van der Waals surface area contributed by atoms with Crippen LogP contribution in [-0.2, 0) is 16.0 Å². The average molecular weight is 553 g/mol. The molecule has 3 rings (SSSR count). The van der Waals surface area contributed by atoms with Crippen LogP contribution in [0.2, 0.25) is 0 Å². The fourth-order valence-corrected chi connectivity index (χ4v) is 3.83. The summed E-state index contributed by atoms with van der Waals surface area (Å²) < 4.78 is 27.3. The van der Waals surface area contributed by atoms with Crippen molar-refractivity contribution in [2.24, 2.45) is 0 Å². The van der Waals surface area contributed by atoms with Crippen LogP contribution in [0.1, 0.15) is 22.8 Å². The molecule has 1 heterocycles. The number of fused-ring (bicyclic) bond motifs is 1. The Morgan fingerprint density at radius 3 is 2.62 bits per heavy atom. The fraction of sp³-hybridized carbons (Fsp3) is 0.304. The summed E-state index contributed by atoms with van der Waals surface area (Å²) in [7, 11) is 2.99. The summed E-state index contributed by atoms with van der Waals surface area (Å²) in [5.41, 5.74) is 1.32. The number of ether oxygens (including phenoxy) is 5. The maximum atomic E-state index is 13.5. The van der Waals surface area contributed by atoms with Crippen molar-refractivity contribution < 1.29 is 33.3 Å². The van der Waals surface area contributed by atoms with Crippen LogP contribution < -0.4 is 18.9 Å². The van der Waals surface area contributed by atoms with Crippen LogP contribution in [0.15, 0.2) is 42.6 Å². The molecule has 0 saturated heterocycles. The first-order valence-corrected chi connectivity index (χ1v) is 11.0. The number of hydrogen-bond acceptors (Lipinski definition) is 7. The van der Waals surface area contributed by atoms with Gasteiger partial charge in [0.15, 0.2) is 23.0 Å². The molecule has 0 N–H and O–H groups in total. The Bertz CT molecular complexity index is 1020. The Hall–Kier alpha value is -2.95. The minimum absolute atomic E-state index is 0.194. The first kappa shape index (κ1) is 23.7. The smallest absolute Gasteiger partial charge is 0.332 e. The average Bonchev–Trinajstić information content (AvgIpc) is 3.26. The summed E-state index contributed by atoms with van der Waals surface area (Å²) in [6.45, 7) is 2.47. The number of rotatable bonds is 9. The Kier molecular flexibility index (Phi) is 8.20. The van der Waals surface area contributed by atoms with E-state index in [1.54, 1.807) is 19.1 Å². The molecule has 1 aliphatic heterocycles. The topological polar surface area (TPSA) is 83.5 Å². The molecule has 0 bridgehead atoms. The number of benzene rings is 2. The molecule has 0 saturated carbocycles. The molecule has 2 aromatic rings. The van der Waals surface area contributed by atoms with Gasteiger partial charge in [0.05, 0.1) is 26.4 Å². The minimum atomic E-state index is -0.527. The molecule has 170 valence electrons. The Morgan fingerprint density at radius 2 is 1.91 bits per heavy atom.